The Morgan fingerprint density at radius 1 is 0.909 bits per heavy atom. The first-order valence-corrected chi connectivity index (χ1v) is 12.8. The van der Waals surface area contributed by atoms with E-state index in [0.29, 0.717) is 51.5 Å². The maximum absolute atomic E-state index is 13.1. The van der Waals surface area contributed by atoms with E-state index in [9.17, 15) is 23.6 Å². The van der Waals surface area contributed by atoms with Crippen molar-refractivity contribution in [2.75, 3.05) is 44.2 Å². The SMILES string of the molecule is O=[N+]([O-])c1cc(S(=O)(=O)N2CCCCCC2)ccc1N1CCN(Cc2cccc(O)c2)CC1. The molecule has 1 N–H and O–H groups in total. The molecule has 0 aromatic heterocycles. The van der Waals surface area contributed by atoms with Gasteiger partial charge in [-0.3, -0.25) is 15.0 Å². The number of benzene rings is 2. The van der Waals surface area contributed by atoms with Crippen LogP contribution in [-0.4, -0.2) is 66.9 Å². The number of aromatic hydroxyl groups is 1. The molecule has 9 nitrogen and oxygen atoms in total. The molecule has 0 bridgehead atoms. The van der Waals surface area contributed by atoms with E-state index >= 15 is 0 Å². The first-order valence-electron chi connectivity index (χ1n) is 11.4. The van der Waals surface area contributed by atoms with Gasteiger partial charge in [0.1, 0.15) is 11.4 Å². The Kier molecular flexibility index (Phi) is 7.16. The molecule has 10 heteroatoms. The average molecular weight is 475 g/mol. The first-order chi connectivity index (χ1) is 15.8. The van der Waals surface area contributed by atoms with Crippen LogP contribution in [0, 0.1) is 10.1 Å². The number of hydrogen-bond acceptors (Lipinski definition) is 7. The third-order valence-corrected chi connectivity index (χ3v) is 8.27. The Bertz CT molecular complexity index is 1090. The number of rotatable bonds is 6. The highest BCUT2D eigenvalue weighted by Gasteiger charge is 2.30. The normalized spacial score (nSPS) is 18.7. The molecule has 2 aliphatic heterocycles. The van der Waals surface area contributed by atoms with Crippen LogP contribution in [0.5, 0.6) is 5.75 Å². The van der Waals surface area contributed by atoms with Crippen LogP contribution >= 0.6 is 0 Å². The van der Waals surface area contributed by atoms with Crippen LogP contribution in [-0.2, 0) is 16.6 Å². The second kappa shape index (κ2) is 10.1. The van der Waals surface area contributed by atoms with Gasteiger partial charge in [0.25, 0.3) is 5.69 Å². The molecule has 2 aromatic carbocycles. The monoisotopic (exact) mass is 474 g/mol. The van der Waals surface area contributed by atoms with Crippen molar-refractivity contribution < 1.29 is 18.4 Å². The fourth-order valence-electron chi connectivity index (χ4n) is 4.57. The number of nitro groups is 1. The van der Waals surface area contributed by atoms with E-state index in [1.165, 1.54) is 16.4 Å². The molecular formula is C23H30N4O5S. The van der Waals surface area contributed by atoms with E-state index in [1.807, 2.05) is 17.0 Å². The Morgan fingerprint density at radius 2 is 1.61 bits per heavy atom. The molecule has 2 aromatic rings. The Morgan fingerprint density at radius 3 is 2.24 bits per heavy atom. The van der Waals surface area contributed by atoms with Crippen LogP contribution < -0.4 is 4.90 Å². The molecule has 0 amide bonds. The maximum atomic E-state index is 13.1. The number of hydrogen-bond donors (Lipinski definition) is 1. The number of phenols is 1. The quantitative estimate of drug-likeness (QED) is 0.506. The lowest BCUT2D eigenvalue weighted by Crippen LogP contribution is -2.46. The summed E-state index contributed by atoms with van der Waals surface area (Å²) in [6, 6.07) is 11.4. The maximum Gasteiger partial charge on any atom is 0.293 e. The zero-order valence-electron chi connectivity index (χ0n) is 18.6. The fourth-order valence-corrected chi connectivity index (χ4v) is 6.11. The molecule has 2 aliphatic rings. The number of sulfonamides is 1. The smallest absolute Gasteiger partial charge is 0.293 e. The van der Waals surface area contributed by atoms with Crippen LogP contribution in [0.4, 0.5) is 11.4 Å². The summed E-state index contributed by atoms with van der Waals surface area (Å²) in [6.45, 7) is 4.21. The van der Waals surface area contributed by atoms with Crippen LogP contribution in [0.25, 0.3) is 0 Å². The lowest BCUT2D eigenvalue weighted by atomic mass is 10.1. The number of nitrogens with zero attached hydrogens (tertiary/aromatic N) is 4. The Balaban J connectivity index is 1.49. The molecule has 178 valence electrons. The predicted octanol–water partition coefficient (Wildman–Crippen LogP) is 3.19. The summed E-state index contributed by atoms with van der Waals surface area (Å²) in [7, 11) is -3.75. The summed E-state index contributed by atoms with van der Waals surface area (Å²) in [5.41, 5.74) is 1.29. The zero-order chi connectivity index (χ0) is 23.4. The molecule has 4 rings (SSSR count). The molecular weight excluding hydrogens is 444 g/mol. The Hall–Kier alpha value is -2.69. The van der Waals surface area contributed by atoms with Gasteiger partial charge in [0, 0.05) is 51.9 Å². The van der Waals surface area contributed by atoms with E-state index in [0.717, 1.165) is 31.2 Å². The first kappa shape index (κ1) is 23.5. The van der Waals surface area contributed by atoms with Crippen molar-refractivity contribution in [1.29, 1.82) is 0 Å². The molecule has 0 unspecified atom stereocenters. The van der Waals surface area contributed by atoms with Gasteiger partial charge in [0.15, 0.2) is 0 Å². The second-order valence-electron chi connectivity index (χ2n) is 8.66. The van der Waals surface area contributed by atoms with Gasteiger partial charge >= 0.3 is 0 Å². The topological polar surface area (TPSA) is 107 Å². The molecule has 0 saturated carbocycles. The van der Waals surface area contributed by atoms with Crippen molar-refractivity contribution in [2.24, 2.45) is 0 Å². The predicted molar refractivity (Wildman–Crippen MR) is 126 cm³/mol. The average Bonchev–Trinajstić information content (AvgIpc) is 3.09. The zero-order valence-corrected chi connectivity index (χ0v) is 19.4. The van der Waals surface area contributed by atoms with Crippen molar-refractivity contribution in [2.45, 2.75) is 37.1 Å². The summed E-state index contributed by atoms with van der Waals surface area (Å²) >= 11 is 0. The molecule has 2 fully saturated rings. The number of nitro benzene ring substituents is 1. The highest BCUT2D eigenvalue weighted by Crippen LogP contribution is 2.33. The fraction of sp³-hybridized carbons (Fsp3) is 0.478. The third-order valence-electron chi connectivity index (χ3n) is 6.38. The molecule has 0 spiro atoms. The highest BCUT2D eigenvalue weighted by molar-refractivity contribution is 7.89. The van der Waals surface area contributed by atoms with Crippen molar-refractivity contribution in [3.8, 4) is 5.75 Å². The van der Waals surface area contributed by atoms with E-state index in [-0.39, 0.29) is 16.3 Å². The number of phenolic OH excluding ortho intramolecular Hbond substituents is 1. The van der Waals surface area contributed by atoms with Gasteiger partial charge in [-0.05, 0) is 42.7 Å². The minimum absolute atomic E-state index is 0.0117. The van der Waals surface area contributed by atoms with E-state index < -0.39 is 14.9 Å². The van der Waals surface area contributed by atoms with Crippen LogP contribution in [0.3, 0.4) is 0 Å². The summed E-state index contributed by atoms with van der Waals surface area (Å²) in [4.78, 5) is 15.5. The van der Waals surface area contributed by atoms with Crippen molar-refractivity contribution in [3.05, 3.63) is 58.1 Å². The lowest BCUT2D eigenvalue weighted by Gasteiger charge is -2.36. The summed E-state index contributed by atoms with van der Waals surface area (Å²) in [5, 5.41) is 21.5. The standard InChI is InChI=1S/C23H30N4O5S/c28-20-7-5-6-19(16-20)18-24-12-14-25(15-13-24)22-9-8-21(17-23(22)27(29)30)33(31,32)26-10-3-1-2-4-11-26/h5-9,16-17,28H,1-4,10-15,18H2. The van der Waals surface area contributed by atoms with Crippen molar-refractivity contribution in [1.82, 2.24) is 9.21 Å². The molecule has 2 heterocycles. The van der Waals surface area contributed by atoms with E-state index in [4.69, 9.17) is 0 Å². The molecule has 33 heavy (non-hydrogen) atoms. The molecule has 0 atom stereocenters. The second-order valence-corrected chi connectivity index (χ2v) is 10.6. The summed E-state index contributed by atoms with van der Waals surface area (Å²) < 4.78 is 27.7. The number of piperazine rings is 1. The van der Waals surface area contributed by atoms with E-state index in [1.54, 1.807) is 18.2 Å². The summed E-state index contributed by atoms with van der Waals surface area (Å²) in [5.74, 6) is 0.233. The minimum atomic E-state index is -3.75. The van der Waals surface area contributed by atoms with Gasteiger partial charge < -0.3 is 10.0 Å². The lowest BCUT2D eigenvalue weighted by molar-refractivity contribution is -0.384. The highest BCUT2D eigenvalue weighted by atomic mass is 32.2. The molecule has 0 radical (unpaired) electrons. The minimum Gasteiger partial charge on any atom is -0.508 e. The van der Waals surface area contributed by atoms with Crippen LogP contribution in [0.1, 0.15) is 31.2 Å². The van der Waals surface area contributed by atoms with Gasteiger partial charge in [0.05, 0.1) is 9.82 Å². The van der Waals surface area contributed by atoms with Crippen molar-refractivity contribution in [3.63, 3.8) is 0 Å². The van der Waals surface area contributed by atoms with Gasteiger partial charge in [-0.25, -0.2) is 8.42 Å². The Labute approximate surface area is 194 Å². The molecule has 2 saturated heterocycles. The van der Waals surface area contributed by atoms with Gasteiger partial charge in [-0.1, -0.05) is 25.0 Å². The third kappa shape index (κ3) is 5.45. The summed E-state index contributed by atoms with van der Waals surface area (Å²) in [6.07, 6.45) is 3.63. The van der Waals surface area contributed by atoms with Crippen LogP contribution in [0.15, 0.2) is 47.4 Å². The van der Waals surface area contributed by atoms with E-state index in [2.05, 4.69) is 4.90 Å². The molecule has 0 aliphatic carbocycles. The van der Waals surface area contributed by atoms with Crippen molar-refractivity contribution >= 4 is 21.4 Å². The van der Waals surface area contributed by atoms with Gasteiger partial charge in [-0.2, -0.15) is 4.31 Å². The van der Waals surface area contributed by atoms with Gasteiger partial charge in [0.2, 0.25) is 10.0 Å². The largest absolute Gasteiger partial charge is 0.508 e. The van der Waals surface area contributed by atoms with Gasteiger partial charge in [-0.15, -0.1) is 0 Å². The number of anilines is 1. The van der Waals surface area contributed by atoms with Crippen LogP contribution in [0.2, 0.25) is 0 Å².